The summed E-state index contributed by atoms with van der Waals surface area (Å²) >= 11 is 1.93. The van der Waals surface area contributed by atoms with Gasteiger partial charge in [-0.15, -0.1) is 11.3 Å². The smallest absolute Gasteiger partial charge is 0.0348 e. The standard InChI is InChI=1S/C12H14S/c1-4-11-9(3)10-7-8(2)5-6-12(10)13-11/h5-7H,4H2,1-3H3. The van der Waals surface area contributed by atoms with Crippen molar-refractivity contribution in [3.8, 4) is 0 Å². The largest absolute Gasteiger partial charge is 0.140 e. The zero-order chi connectivity index (χ0) is 9.42. The number of hydrogen-bond acceptors (Lipinski definition) is 1. The molecule has 0 amide bonds. The third kappa shape index (κ3) is 1.37. The average Bonchev–Trinajstić information content (AvgIpc) is 2.44. The summed E-state index contributed by atoms with van der Waals surface area (Å²) in [6.45, 7) is 6.61. The number of aryl methyl sites for hydroxylation is 3. The monoisotopic (exact) mass is 190 g/mol. The Balaban J connectivity index is 2.77. The third-order valence-electron chi connectivity index (χ3n) is 2.51. The summed E-state index contributed by atoms with van der Waals surface area (Å²) in [5.41, 5.74) is 2.84. The predicted molar refractivity (Wildman–Crippen MR) is 60.7 cm³/mol. The van der Waals surface area contributed by atoms with Gasteiger partial charge in [-0.2, -0.15) is 0 Å². The second kappa shape index (κ2) is 3.15. The van der Waals surface area contributed by atoms with Crippen LogP contribution < -0.4 is 0 Å². The Bertz CT molecular complexity index is 438. The predicted octanol–water partition coefficient (Wildman–Crippen LogP) is 4.08. The molecule has 2 aromatic rings. The number of benzene rings is 1. The summed E-state index contributed by atoms with van der Waals surface area (Å²) < 4.78 is 1.43. The van der Waals surface area contributed by atoms with Crippen LogP contribution in [0.15, 0.2) is 18.2 Å². The van der Waals surface area contributed by atoms with E-state index in [0.29, 0.717) is 0 Å². The highest BCUT2D eigenvalue weighted by Gasteiger charge is 2.05. The van der Waals surface area contributed by atoms with Crippen molar-refractivity contribution in [1.29, 1.82) is 0 Å². The Hall–Kier alpha value is -0.820. The second-order valence-corrected chi connectivity index (χ2v) is 4.64. The van der Waals surface area contributed by atoms with Gasteiger partial charge in [-0.25, -0.2) is 0 Å². The maximum atomic E-state index is 2.29. The van der Waals surface area contributed by atoms with Crippen molar-refractivity contribution in [2.24, 2.45) is 0 Å². The first-order valence-corrected chi connectivity index (χ1v) is 5.52. The van der Waals surface area contributed by atoms with Crippen molar-refractivity contribution in [1.82, 2.24) is 0 Å². The van der Waals surface area contributed by atoms with E-state index >= 15 is 0 Å². The van der Waals surface area contributed by atoms with Crippen LogP contribution in [0.25, 0.3) is 10.1 Å². The van der Waals surface area contributed by atoms with Crippen LogP contribution in [0.3, 0.4) is 0 Å². The molecule has 2 rings (SSSR count). The van der Waals surface area contributed by atoms with Crippen molar-refractivity contribution >= 4 is 21.4 Å². The first kappa shape index (κ1) is 8.76. The van der Waals surface area contributed by atoms with Crippen molar-refractivity contribution < 1.29 is 0 Å². The average molecular weight is 190 g/mol. The van der Waals surface area contributed by atoms with E-state index in [4.69, 9.17) is 0 Å². The molecule has 0 spiro atoms. The summed E-state index contributed by atoms with van der Waals surface area (Å²) in [4.78, 5) is 1.53. The fourth-order valence-corrected chi connectivity index (χ4v) is 2.85. The lowest BCUT2D eigenvalue weighted by atomic mass is 10.1. The highest BCUT2D eigenvalue weighted by Crippen LogP contribution is 2.31. The summed E-state index contributed by atoms with van der Waals surface area (Å²) in [6, 6.07) is 6.72. The minimum absolute atomic E-state index is 1.16. The topological polar surface area (TPSA) is 0 Å². The van der Waals surface area contributed by atoms with E-state index in [9.17, 15) is 0 Å². The maximum absolute atomic E-state index is 2.29. The fraction of sp³-hybridized carbons (Fsp3) is 0.333. The van der Waals surface area contributed by atoms with Crippen LogP contribution in [0.2, 0.25) is 0 Å². The molecular weight excluding hydrogens is 176 g/mol. The van der Waals surface area contributed by atoms with Crippen molar-refractivity contribution in [2.75, 3.05) is 0 Å². The van der Waals surface area contributed by atoms with Crippen LogP contribution in [0, 0.1) is 13.8 Å². The molecule has 1 heterocycles. The molecule has 1 aromatic carbocycles. The molecule has 0 unspecified atom stereocenters. The fourth-order valence-electron chi connectivity index (χ4n) is 1.72. The van der Waals surface area contributed by atoms with Crippen LogP contribution in [0.5, 0.6) is 0 Å². The lowest BCUT2D eigenvalue weighted by molar-refractivity contribution is 1.16. The maximum Gasteiger partial charge on any atom is 0.0348 e. The molecule has 0 saturated heterocycles. The van der Waals surface area contributed by atoms with Gasteiger partial charge in [0.25, 0.3) is 0 Å². The van der Waals surface area contributed by atoms with E-state index in [2.05, 4.69) is 39.0 Å². The van der Waals surface area contributed by atoms with Crippen LogP contribution in [0.1, 0.15) is 22.9 Å². The van der Waals surface area contributed by atoms with E-state index in [1.54, 1.807) is 0 Å². The van der Waals surface area contributed by atoms with Gasteiger partial charge in [0.2, 0.25) is 0 Å². The molecule has 0 nitrogen and oxygen atoms in total. The molecule has 1 aromatic heterocycles. The molecule has 13 heavy (non-hydrogen) atoms. The van der Waals surface area contributed by atoms with Gasteiger partial charge < -0.3 is 0 Å². The molecule has 0 bridgehead atoms. The lowest BCUT2D eigenvalue weighted by Crippen LogP contribution is -1.76. The summed E-state index contributed by atoms with van der Waals surface area (Å²) in [7, 11) is 0. The highest BCUT2D eigenvalue weighted by molar-refractivity contribution is 7.19. The van der Waals surface area contributed by atoms with Gasteiger partial charge >= 0.3 is 0 Å². The highest BCUT2D eigenvalue weighted by atomic mass is 32.1. The summed E-state index contributed by atoms with van der Waals surface area (Å²) in [5, 5.41) is 1.45. The number of hydrogen-bond donors (Lipinski definition) is 0. The quantitative estimate of drug-likeness (QED) is 0.635. The van der Waals surface area contributed by atoms with Gasteiger partial charge in [0.05, 0.1) is 0 Å². The minimum Gasteiger partial charge on any atom is -0.140 e. The molecule has 0 N–H and O–H groups in total. The van der Waals surface area contributed by atoms with Crippen LogP contribution in [-0.2, 0) is 6.42 Å². The van der Waals surface area contributed by atoms with Crippen LogP contribution in [0.4, 0.5) is 0 Å². The molecule has 0 saturated carbocycles. The van der Waals surface area contributed by atoms with Gasteiger partial charge in [0.15, 0.2) is 0 Å². The lowest BCUT2D eigenvalue weighted by Gasteiger charge is -1.94. The van der Waals surface area contributed by atoms with Crippen molar-refractivity contribution in [3.63, 3.8) is 0 Å². The molecule has 0 radical (unpaired) electrons. The van der Waals surface area contributed by atoms with Gasteiger partial charge in [0.1, 0.15) is 0 Å². The number of thiophene rings is 1. The SMILES string of the molecule is CCc1sc2ccc(C)cc2c1C. The Labute approximate surface area is 83.2 Å². The molecule has 0 atom stereocenters. The Kier molecular flexibility index (Phi) is 2.12. The first-order chi connectivity index (χ1) is 6.22. The molecular formula is C12H14S. The van der Waals surface area contributed by atoms with Gasteiger partial charge in [0, 0.05) is 9.58 Å². The number of rotatable bonds is 1. The minimum atomic E-state index is 1.16. The third-order valence-corrected chi connectivity index (χ3v) is 3.93. The normalized spacial score (nSPS) is 11.0. The van der Waals surface area contributed by atoms with Crippen LogP contribution in [-0.4, -0.2) is 0 Å². The number of fused-ring (bicyclic) bond motifs is 1. The van der Waals surface area contributed by atoms with E-state index in [1.165, 1.54) is 26.1 Å². The molecule has 0 fully saturated rings. The zero-order valence-electron chi connectivity index (χ0n) is 8.35. The van der Waals surface area contributed by atoms with Crippen molar-refractivity contribution in [2.45, 2.75) is 27.2 Å². The van der Waals surface area contributed by atoms with E-state index in [-0.39, 0.29) is 0 Å². The zero-order valence-corrected chi connectivity index (χ0v) is 9.16. The van der Waals surface area contributed by atoms with Crippen LogP contribution >= 0.6 is 11.3 Å². The Morgan fingerprint density at radius 1 is 1.23 bits per heavy atom. The Morgan fingerprint density at radius 3 is 2.69 bits per heavy atom. The Morgan fingerprint density at radius 2 is 2.00 bits per heavy atom. The van der Waals surface area contributed by atoms with Crippen molar-refractivity contribution in [3.05, 3.63) is 34.2 Å². The molecule has 1 heteroatoms. The summed E-state index contributed by atoms with van der Waals surface area (Å²) in [6.07, 6.45) is 1.16. The summed E-state index contributed by atoms with van der Waals surface area (Å²) in [5.74, 6) is 0. The molecule has 0 aliphatic carbocycles. The van der Waals surface area contributed by atoms with Gasteiger partial charge in [-0.05, 0) is 37.3 Å². The second-order valence-electron chi connectivity index (χ2n) is 3.50. The molecule has 0 aliphatic rings. The van der Waals surface area contributed by atoms with E-state index in [1.807, 2.05) is 11.3 Å². The van der Waals surface area contributed by atoms with E-state index < -0.39 is 0 Å². The van der Waals surface area contributed by atoms with Gasteiger partial charge in [-0.1, -0.05) is 24.6 Å². The van der Waals surface area contributed by atoms with E-state index in [0.717, 1.165) is 6.42 Å². The molecule has 68 valence electrons. The molecule has 0 aliphatic heterocycles. The van der Waals surface area contributed by atoms with Gasteiger partial charge in [-0.3, -0.25) is 0 Å². The first-order valence-electron chi connectivity index (χ1n) is 4.71.